The number of amides is 2. The first-order chi connectivity index (χ1) is 16.9. The number of benzene rings is 1. The van der Waals surface area contributed by atoms with Crippen molar-refractivity contribution in [2.45, 2.75) is 33.1 Å². The van der Waals surface area contributed by atoms with Crippen LogP contribution in [-0.2, 0) is 9.59 Å². The molecule has 5 rings (SSSR count). The van der Waals surface area contributed by atoms with Crippen molar-refractivity contribution in [3.05, 3.63) is 54.0 Å². The zero-order valence-corrected chi connectivity index (χ0v) is 20.3. The van der Waals surface area contributed by atoms with Crippen molar-refractivity contribution in [2.75, 3.05) is 42.5 Å². The number of nitrogens with zero attached hydrogens (tertiary/aromatic N) is 6. The topological polar surface area (TPSA) is 95.7 Å². The van der Waals surface area contributed by atoms with E-state index in [-0.39, 0.29) is 30.1 Å². The molecule has 2 fully saturated rings. The second-order valence-corrected chi connectivity index (χ2v) is 9.57. The normalized spacial score (nSPS) is 18.6. The van der Waals surface area contributed by atoms with Gasteiger partial charge in [0, 0.05) is 62.5 Å². The highest BCUT2D eigenvalue weighted by Crippen LogP contribution is 2.27. The van der Waals surface area contributed by atoms with Gasteiger partial charge in [0.2, 0.25) is 23.5 Å². The molecule has 4 heterocycles. The third-order valence-electron chi connectivity index (χ3n) is 6.68. The Morgan fingerprint density at radius 1 is 1.06 bits per heavy atom. The van der Waals surface area contributed by atoms with E-state index in [1.807, 2.05) is 62.1 Å². The fraction of sp³-hybridized carbons (Fsp3) is 0.423. The Kier molecular flexibility index (Phi) is 6.23. The maximum absolute atomic E-state index is 13.2. The predicted molar refractivity (Wildman–Crippen MR) is 132 cm³/mol. The Balaban J connectivity index is 1.17. The molecule has 2 aliphatic rings. The fourth-order valence-electron chi connectivity index (χ4n) is 4.55. The van der Waals surface area contributed by atoms with Crippen molar-refractivity contribution in [3.63, 3.8) is 0 Å². The van der Waals surface area contributed by atoms with E-state index in [0.717, 1.165) is 22.6 Å². The number of piperazine rings is 1. The maximum atomic E-state index is 13.2. The first-order valence-corrected chi connectivity index (χ1v) is 12.1. The lowest BCUT2D eigenvalue weighted by atomic mass is 10.1. The summed E-state index contributed by atoms with van der Waals surface area (Å²) in [4.78, 5) is 40.5. The summed E-state index contributed by atoms with van der Waals surface area (Å²) < 4.78 is 5.29. The van der Waals surface area contributed by atoms with Crippen LogP contribution in [0, 0.1) is 12.8 Å². The number of hydrogen-bond donors (Lipinski definition) is 0. The lowest BCUT2D eigenvalue weighted by Crippen LogP contribution is -2.51. The predicted octanol–water partition coefficient (Wildman–Crippen LogP) is 3.27. The van der Waals surface area contributed by atoms with Gasteiger partial charge >= 0.3 is 0 Å². The Labute approximate surface area is 204 Å². The lowest BCUT2D eigenvalue weighted by molar-refractivity contribution is -0.136. The van der Waals surface area contributed by atoms with Crippen molar-refractivity contribution in [2.24, 2.45) is 5.92 Å². The third-order valence-corrected chi connectivity index (χ3v) is 6.68. The Morgan fingerprint density at radius 3 is 2.43 bits per heavy atom. The molecule has 9 nitrogen and oxygen atoms in total. The van der Waals surface area contributed by atoms with Crippen LogP contribution in [0.15, 0.2) is 47.1 Å². The molecule has 2 aromatic heterocycles. The van der Waals surface area contributed by atoms with E-state index in [0.29, 0.717) is 44.4 Å². The summed E-state index contributed by atoms with van der Waals surface area (Å²) in [6.07, 6.45) is 2.02. The molecule has 0 bridgehead atoms. The molecule has 0 spiro atoms. The minimum atomic E-state index is -0.293. The molecule has 182 valence electrons. The van der Waals surface area contributed by atoms with Crippen LogP contribution in [0.3, 0.4) is 0 Å². The van der Waals surface area contributed by atoms with Gasteiger partial charge in [0.15, 0.2) is 0 Å². The largest absolute Gasteiger partial charge is 0.353 e. The van der Waals surface area contributed by atoms with Gasteiger partial charge in [-0.15, -0.1) is 0 Å². The summed E-state index contributed by atoms with van der Waals surface area (Å²) in [7, 11) is 0. The van der Waals surface area contributed by atoms with E-state index < -0.39 is 0 Å². The highest BCUT2D eigenvalue weighted by molar-refractivity contribution is 6.00. The standard InChI is InChI=1S/C26H30N6O3/c1-17(2)25-28-24(29-35-25)19-6-9-22(27-15-19)30-10-12-31(13-11-30)26(34)20-14-23(33)32(16-20)21-7-4-18(3)5-8-21/h4-9,15,17,20H,10-14,16H2,1-3H3. The molecule has 0 radical (unpaired) electrons. The monoisotopic (exact) mass is 474 g/mol. The molecular formula is C26H30N6O3. The first kappa shape index (κ1) is 23.0. The number of pyridine rings is 1. The minimum Gasteiger partial charge on any atom is -0.353 e. The third kappa shape index (κ3) is 4.76. The van der Waals surface area contributed by atoms with Crippen molar-refractivity contribution in [1.82, 2.24) is 20.0 Å². The summed E-state index contributed by atoms with van der Waals surface area (Å²) in [5, 5.41) is 4.04. The average molecular weight is 475 g/mol. The first-order valence-electron chi connectivity index (χ1n) is 12.1. The molecule has 1 atom stereocenters. The van der Waals surface area contributed by atoms with Gasteiger partial charge in [-0.05, 0) is 31.2 Å². The molecule has 0 aliphatic carbocycles. The number of aryl methyl sites for hydroxylation is 1. The number of rotatable bonds is 5. The Hall–Kier alpha value is -3.75. The molecule has 2 aliphatic heterocycles. The summed E-state index contributed by atoms with van der Waals surface area (Å²) >= 11 is 0. The number of carbonyl (C=O) groups is 2. The molecule has 3 aromatic rings. The van der Waals surface area contributed by atoms with E-state index in [9.17, 15) is 9.59 Å². The fourth-order valence-corrected chi connectivity index (χ4v) is 4.55. The van der Waals surface area contributed by atoms with Crippen LogP contribution in [0.5, 0.6) is 0 Å². The second-order valence-electron chi connectivity index (χ2n) is 9.57. The highest BCUT2D eigenvalue weighted by Gasteiger charge is 2.38. The molecule has 2 amide bonds. The van der Waals surface area contributed by atoms with Gasteiger partial charge in [-0.25, -0.2) is 4.98 Å². The van der Waals surface area contributed by atoms with Crippen LogP contribution in [0.2, 0.25) is 0 Å². The van der Waals surface area contributed by atoms with E-state index in [4.69, 9.17) is 4.52 Å². The number of aromatic nitrogens is 3. The van der Waals surface area contributed by atoms with Gasteiger partial charge in [-0.2, -0.15) is 4.98 Å². The average Bonchev–Trinajstić information content (AvgIpc) is 3.52. The van der Waals surface area contributed by atoms with Crippen LogP contribution in [0.1, 0.15) is 37.6 Å². The van der Waals surface area contributed by atoms with Gasteiger partial charge in [-0.1, -0.05) is 36.7 Å². The van der Waals surface area contributed by atoms with E-state index in [2.05, 4.69) is 20.0 Å². The number of anilines is 2. The summed E-state index contributed by atoms with van der Waals surface area (Å²) in [5.41, 5.74) is 2.81. The van der Waals surface area contributed by atoms with Crippen molar-refractivity contribution in [3.8, 4) is 11.4 Å². The molecule has 9 heteroatoms. The van der Waals surface area contributed by atoms with Crippen LogP contribution in [0.25, 0.3) is 11.4 Å². The Bertz CT molecular complexity index is 1200. The van der Waals surface area contributed by atoms with Gasteiger partial charge in [0.05, 0.1) is 5.92 Å². The second kappa shape index (κ2) is 9.48. The lowest BCUT2D eigenvalue weighted by Gasteiger charge is -2.36. The molecule has 0 saturated carbocycles. The SMILES string of the molecule is Cc1ccc(N2CC(C(=O)N3CCN(c4ccc(-c5noc(C(C)C)n5)cn4)CC3)CC2=O)cc1. The van der Waals surface area contributed by atoms with Crippen molar-refractivity contribution in [1.29, 1.82) is 0 Å². The molecule has 35 heavy (non-hydrogen) atoms. The Morgan fingerprint density at radius 2 is 1.80 bits per heavy atom. The van der Waals surface area contributed by atoms with Crippen molar-refractivity contribution < 1.29 is 14.1 Å². The summed E-state index contributed by atoms with van der Waals surface area (Å²) in [5.74, 6) is 1.96. The van der Waals surface area contributed by atoms with Crippen LogP contribution >= 0.6 is 0 Å². The molecule has 1 unspecified atom stereocenters. The van der Waals surface area contributed by atoms with E-state index in [1.54, 1.807) is 11.1 Å². The number of carbonyl (C=O) groups excluding carboxylic acids is 2. The molecular weight excluding hydrogens is 444 g/mol. The summed E-state index contributed by atoms with van der Waals surface area (Å²) in [6, 6.07) is 11.8. The van der Waals surface area contributed by atoms with Gasteiger partial charge < -0.3 is 19.2 Å². The zero-order valence-electron chi connectivity index (χ0n) is 20.3. The van der Waals surface area contributed by atoms with Crippen LogP contribution < -0.4 is 9.80 Å². The van der Waals surface area contributed by atoms with Gasteiger partial charge in [0.1, 0.15) is 5.82 Å². The molecule has 2 saturated heterocycles. The molecule has 1 aromatic carbocycles. The van der Waals surface area contributed by atoms with Crippen molar-refractivity contribution >= 4 is 23.3 Å². The zero-order chi connectivity index (χ0) is 24.5. The smallest absolute Gasteiger partial charge is 0.229 e. The van der Waals surface area contributed by atoms with Gasteiger partial charge in [-0.3, -0.25) is 9.59 Å². The maximum Gasteiger partial charge on any atom is 0.229 e. The highest BCUT2D eigenvalue weighted by atomic mass is 16.5. The quantitative estimate of drug-likeness (QED) is 0.560. The van der Waals surface area contributed by atoms with E-state index >= 15 is 0 Å². The van der Waals surface area contributed by atoms with E-state index in [1.165, 1.54) is 0 Å². The van der Waals surface area contributed by atoms with Crippen LogP contribution in [0.4, 0.5) is 11.5 Å². The molecule has 0 N–H and O–H groups in total. The number of hydrogen-bond acceptors (Lipinski definition) is 7. The van der Waals surface area contributed by atoms with Crippen LogP contribution in [-0.4, -0.2) is 64.6 Å². The summed E-state index contributed by atoms with van der Waals surface area (Å²) in [6.45, 7) is 9.09. The van der Waals surface area contributed by atoms with Gasteiger partial charge in [0.25, 0.3) is 0 Å². The minimum absolute atomic E-state index is 0.0113.